The quantitative estimate of drug-likeness (QED) is 0.803. The molecule has 1 aliphatic heterocycles. The van der Waals surface area contributed by atoms with Crippen LogP contribution in [-0.4, -0.2) is 29.8 Å². The van der Waals surface area contributed by atoms with E-state index in [1.165, 1.54) is 21.6 Å². The summed E-state index contributed by atoms with van der Waals surface area (Å²) < 4.78 is 0. The molecule has 1 heterocycles. The van der Waals surface area contributed by atoms with E-state index in [4.69, 9.17) is 23.8 Å². The van der Waals surface area contributed by atoms with Crippen LogP contribution in [0.15, 0.2) is 42.5 Å². The minimum absolute atomic E-state index is 0.810. The van der Waals surface area contributed by atoms with Crippen LogP contribution >= 0.6 is 23.8 Å². The maximum atomic E-state index is 6.32. The van der Waals surface area contributed by atoms with Gasteiger partial charge in [0, 0.05) is 29.2 Å². The van der Waals surface area contributed by atoms with Crippen molar-refractivity contribution in [2.24, 2.45) is 0 Å². The molecule has 0 amide bonds. The number of hydrogen-bond donors (Lipinski definition) is 2. The molecule has 1 fully saturated rings. The number of thiocarbonyl (C=S) groups is 1. The zero-order valence-corrected chi connectivity index (χ0v) is 16.4. The van der Waals surface area contributed by atoms with E-state index in [-0.39, 0.29) is 0 Å². The summed E-state index contributed by atoms with van der Waals surface area (Å²) in [6, 6.07) is 14.5. The van der Waals surface area contributed by atoms with E-state index in [0.717, 1.165) is 48.5 Å². The second-order valence-electron chi connectivity index (χ2n) is 6.79. The van der Waals surface area contributed by atoms with Gasteiger partial charge in [0.05, 0.1) is 6.54 Å². The van der Waals surface area contributed by atoms with Gasteiger partial charge in [0.1, 0.15) is 6.54 Å². The lowest BCUT2D eigenvalue weighted by atomic mass is 10.1. The molecule has 2 aromatic carbocycles. The van der Waals surface area contributed by atoms with Gasteiger partial charge in [-0.25, -0.2) is 0 Å². The lowest BCUT2D eigenvalue weighted by Crippen LogP contribution is -3.13. The molecule has 2 aromatic rings. The van der Waals surface area contributed by atoms with E-state index in [9.17, 15) is 0 Å². The van der Waals surface area contributed by atoms with Crippen molar-refractivity contribution in [3.8, 4) is 0 Å². The fourth-order valence-electron chi connectivity index (χ4n) is 3.24. The minimum Gasteiger partial charge on any atom is -0.332 e. The molecule has 132 valence electrons. The molecule has 2 N–H and O–H groups in total. The molecule has 5 heteroatoms. The van der Waals surface area contributed by atoms with E-state index in [2.05, 4.69) is 54.4 Å². The average molecular weight is 375 g/mol. The SMILES string of the molecule is Cc1ccc(C)c(NC(=S)N2CCC[NH+](Cc3ccccc3Cl)C2)c1. The van der Waals surface area contributed by atoms with Crippen LogP contribution in [0, 0.1) is 13.8 Å². The van der Waals surface area contributed by atoms with Gasteiger partial charge in [-0.05, 0) is 49.3 Å². The van der Waals surface area contributed by atoms with Crippen molar-refractivity contribution in [3.63, 3.8) is 0 Å². The topological polar surface area (TPSA) is 19.7 Å². The smallest absolute Gasteiger partial charge is 0.177 e. The van der Waals surface area contributed by atoms with Gasteiger partial charge in [0.25, 0.3) is 0 Å². The number of halogens is 1. The summed E-state index contributed by atoms with van der Waals surface area (Å²) in [6.45, 7) is 8.19. The number of benzene rings is 2. The van der Waals surface area contributed by atoms with E-state index in [1.54, 1.807) is 0 Å². The number of nitrogens with zero attached hydrogens (tertiary/aromatic N) is 1. The van der Waals surface area contributed by atoms with E-state index >= 15 is 0 Å². The predicted molar refractivity (Wildman–Crippen MR) is 109 cm³/mol. The van der Waals surface area contributed by atoms with Crippen molar-refractivity contribution in [1.29, 1.82) is 0 Å². The van der Waals surface area contributed by atoms with Crippen molar-refractivity contribution < 1.29 is 4.90 Å². The molecule has 0 spiro atoms. The molecule has 3 rings (SSSR count). The Hall–Kier alpha value is -1.62. The van der Waals surface area contributed by atoms with Crippen LogP contribution in [0.4, 0.5) is 5.69 Å². The first-order valence-electron chi connectivity index (χ1n) is 8.73. The molecule has 1 atom stereocenters. The minimum atomic E-state index is 0.810. The van der Waals surface area contributed by atoms with Gasteiger partial charge in [-0.15, -0.1) is 0 Å². The Morgan fingerprint density at radius 3 is 2.84 bits per heavy atom. The van der Waals surface area contributed by atoms with E-state index < -0.39 is 0 Å². The second-order valence-corrected chi connectivity index (χ2v) is 7.59. The highest BCUT2D eigenvalue weighted by molar-refractivity contribution is 7.80. The van der Waals surface area contributed by atoms with Gasteiger partial charge in [-0.1, -0.05) is 41.9 Å². The van der Waals surface area contributed by atoms with Crippen LogP contribution in [0.1, 0.15) is 23.1 Å². The van der Waals surface area contributed by atoms with Gasteiger partial charge in [0.2, 0.25) is 0 Å². The van der Waals surface area contributed by atoms with Crippen LogP contribution in [0.25, 0.3) is 0 Å². The van der Waals surface area contributed by atoms with Gasteiger partial charge in [-0.3, -0.25) is 0 Å². The van der Waals surface area contributed by atoms with Crippen molar-refractivity contribution in [3.05, 3.63) is 64.2 Å². The number of nitrogens with one attached hydrogen (secondary N) is 2. The Kier molecular flexibility index (Phi) is 5.94. The molecule has 1 aliphatic rings. The third-order valence-electron chi connectivity index (χ3n) is 4.69. The summed E-state index contributed by atoms with van der Waals surface area (Å²) in [7, 11) is 0. The Bertz CT molecular complexity index is 762. The summed E-state index contributed by atoms with van der Waals surface area (Å²) >= 11 is 12.0. The maximum Gasteiger partial charge on any atom is 0.177 e. The van der Waals surface area contributed by atoms with Crippen molar-refractivity contribution in [1.82, 2.24) is 4.90 Å². The third-order valence-corrected chi connectivity index (χ3v) is 5.42. The molecular weight excluding hydrogens is 350 g/mol. The number of hydrogen-bond acceptors (Lipinski definition) is 1. The molecule has 0 saturated carbocycles. The summed E-state index contributed by atoms with van der Waals surface area (Å²) in [5.74, 6) is 0. The van der Waals surface area contributed by atoms with Crippen LogP contribution in [0.2, 0.25) is 5.02 Å². The van der Waals surface area contributed by atoms with Gasteiger partial charge in [0.15, 0.2) is 11.8 Å². The Balaban J connectivity index is 1.63. The molecule has 0 bridgehead atoms. The summed E-state index contributed by atoms with van der Waals surface area (Å²) in [4.78, 5) is 3.76. The Labute approximate surface area is 160 Å². The maximum absolute atomic E-state index is 6.32. The standard InChI is InChI=1S/C20H24ClN3S/c1-15-8-9-16(2)19(12-15)22-20(25)24-11-5-10-23(14-24)13-17-6-3-4-7-18(17)21/h3-4,6-9,12H,5,10-11,13-14H2,1-2H3,(H,22,25)/p+1. The number of quaternary nitrogens is 1. The van der Waals surface area contributed by atoms with Crippen molar-refractivity contribution in [2.45, 2.75) is 26.8 Å². The van der Waals surface area contributed by atoms with E-state index in [0.29, 0.717) is 0 Å². The molecule has 0 aliphatic carbocycles. The highest BCUT2D eigenvalue weighted by atomic mass is 35.5. The Morgan fingerprint density at radius 1 is 1.24 bits per heavy atom. The summed E-state index contributed by atoms with van der Waals surface area (Å²) in [5, 5.41) is 5.09. The summed E-state index contributed by atoms with van der Waals surface area (Å²) in [5.41, 5.74) is 4.75. The van der Waals surface area contributed by atoms with Gasteiger partial charge >= 0.3 is 0 Å². The first-order valence-corrected chi connectivity index (χ1v) is 9.51. The Morgan fingerprint density at radius 2 is 2.04 bits per heavy atom. The third kappa shape index (κ3) is 4.72. The number of rotatable bonds is 3. The highest BCUT2D eigenvalue weighted by Crippen LogP contribution is 2.17. The lowest BCUT2D eigenvalue weighted by molar-refractivity contribution is -0.927. The zero-order chi connectivity index (χ0) is 17.8. The highest BCUT2D eigenvalue weighted by Gasteiger charge is 2.23. The van der Waals surface area contributed by atoms with Crippen molar-refractivity contribution >= 4 is 34.6 Å². The molecule has 1 saturated heterocycles. The van der Waals surface area contributed by atoms with Gasteiger partial charge < -0.3 is 15.1 Å². The molecule has 0 aromatic heterocycles. The average Bonchev–Trinajstić information content (AvgIpc) is 2.60. The van der Waals surface area contributed by atoms with Crippen molar-refractivity contribution in [2.75, 3.05) is 25.1 Å². The molecule has 25 heavy (non-hydrogen) atoms. The van der Waals surface area contributed by atoms with Gasteiger partial charge in [-0.2, -0.15) is 0 Å². The molecule has 1 unspecified atom stereocenters. The normalized spacial score (nSPS) is 17.4. The zero-order valence-electron chi connectivity index (χ0n) is 14.8. The fourth-order valence-corrected chi connectivity index (χ4v) is 3.71. The largest absolute Gasteiger partial charge is 0.332 e. The number of anilines is 1. The van der Waals surface area contributed by atoms with Crippen LogP contribution in [0.3, 0.4) is 0 Å². The molecule has 3 nitrogen and oxygen atoms in total. The first kappa shape index (κ1) is 18.2. The van der Waals surface area contributed by atoms with Crippen LogP contribution in [-0.2, 0) is 6.54 Å². The first-order chi connectivity index (χ1) is 12.0. The molecule has 0 radical (unpaired) electrons. The fraction of sp³-hybridized carbons (Fsp3) is 0.350. The predicted octanol–water partition coefficient (Wildman–Crippen LogP) is 3.40. The number of aryl methyl sites for hydroxylation is 2. The van der Waals surface area contributed by atoms with Crippen LogP contribution in [0.5, 0.6) is 0 Å². The second kappa shape index (κ2) is 8.17. The lowest BCUT2D eigenvalue weighted by Gasteiger charge is -2.34. The summed E-state index contributed by atoms with van der Waals surface area (Å²) in [6.07, 6.45) is 1.13. The van der Waals surface area contributed by atoms with Crippen LogP contribution < -0.4 is 10.2 Å². The molecular formula is C20H25ClN3S+. The van der Waals surface area contributed by atoms with E-state index in [1.807, 2.05) is 12.1 Å². The monoisotopic (exact) mass is 374 g/mol.